The lowest BCUT2D eigenvalue weighted by atomic mass is 10.2. The van der Waals surface area contributed by atoms with Crippen molar-refractivity contribution in [1.82, 2.24) is 29.5 Å². The average Bonchev–Trinajstić information content (AvgIpc) is 3.39. The van der Waals surface area contributed by atoms with Crippen LogP contribution in [0.25, 0.3) is 0 Å². The molecule has 1 saturated heterocycles. The zero-order chi connectivity index (χ0) is 18.7. The summed E-state index contributed by atoms with van der Waals surface area (Å²) in [5.74, 6) is 1.63. The Bertz CT molecular complexity index is 670. The highest BCUT2D eigenvalue weighted by Crippen LogP contribution is 2.37. The molecule has 1 aliphatic carbocycles. The van der Waals surface area contributed by atoms with E-state index in [0.717, 1.165) is 56.4 Å². The van der Waals surface area contributed by atoms with Gasteiger partial charge < -0.3 is 9.88 Å². The maximum absolute atomic E-state index is 11.9. The molecular weight excluding hydrogens is 348 g/mol. The first-order valence-corrected chi connectivity index (χ1v) is 10.3. The van der Waals surface area contributed by atoms with Gasteiger partial charge in [0.05, 0.1) is 13.2 Å². The summed E-state index contributed by atoms with van der Waals surface area (Å²) >= 11 is 5.71. The summed E-state index contributed by atoms with van der Waals surface area (Å²) in [5.41, 5.74) is 0. The largest absolute Gasteiger partial charge is 0.355 e. The molecule has 1 amide bonds. The predicted molar refractivity (Wildman–Crippen MR) is 105 cm³/mol. The fourth-order valence-electron chi connectivity index (χ4n) is 3.40. The van der Waals surface area contributed by atoms with Crippen LogP contribution in [0.15, 0.2) is 0 Å². The fourth-order valence-corrected chi connectivity index (χ4v) is 3.74. The second kappa shape index (κ2) is 8.63. The van der Waals surface area contributed by atoms with E-state index in [1.54, 1.807) is 0 Å². The van der Waals surface area contributed by atoms with Crippen molar-refractivity contribution in [1.29, 1.82) is 0 Å². The van der Waals surface area contributed by atoms with Crippen molar-refractivity contribution in [2.24, 2.45) is 0 Å². The Morgan fingerprint density at radius 2 is 1.88 bits per heavy atom. The van der Waals surface area contributed by atoms with Crippen LogP contribution >= 0.6 is 12.2 Å². The molecule has 2 heterocycles. The first-order valence-electron chi connectivity index (χ1n) is 9.90. The van der Waals surface area contributed by atoms with Crippen LogP contribution < -0.4 is 5.32 Å². The van der Waals surface area contributed by atoms with Crippen LogP contribution in [-0.4, -0.2) is 69.3 Å². The third kappa shape index (κ3) is 4.72. The third-order valence-corrected chi connectivity index (χ3v) is 5.47. The summed E-state index contributed by atoms with van der Waals surface area (Å²) in [6.07, 6.45) is 3.42. The number of hydrogen-bond acceptors (Lipinski definition) is 5. The normalized spacial score (nSPS) is 19.2. The topological polar surface area (TPSA) is 58.3 Å². The van der Waals surface area contributed by atoms with Crippen molar-refractivity contribution >= 4 is 18.1 Å². The number of nitrogens with zero attached hydrogens (tertiary/aromatic N) is 5. The van der Waals surface area contributed by atoms with Crippen LogP contribution in [0.2, 0.25) is 0 Å². The van der Waals surface area contributed by atoms with Gasteiger partial charge in [-0.3, -0.25) is 14.6 Å². The lowest BCUT2D eigenvalue weighted by Gasteiger charge is -2.33. The Hall–Kier alpha value is -1.25. The minimum atomic E-state index is 0.132. The maximum Gasteiger partial charge on any atom is 0.234 e. The molecule has 0 atom stereocenters. The number of carbonyl (C=O) groups excluding carboxylic acids is 1. The first kappa shape index (κ1) is 19.5. The Labute approximate surface area is 161 Å². The smallest absolute Gasteiger partial charge is 0.234 e. The molecule has 1 aromatic heterocycles. The molecule has 2 fully saturated rings. The van der Waals surface area contributed by atoms with Gasteiger partial charge in [-0.1, -0.05) is 20.8 Å². The van der Waals surface area contributed by atoms with E-state index in [1.165, 1.54) is 12.8 Å². The molecule has 1 aliphatic heterocycles. The Balaban J connectivity index is 1.54. The zero-order valence-corrected chi connectivity index (χ0v) is 17.1. The van der Waals surface area contributed by atoms with Gasteiger partial charge >= 0.3 is 0 Å². The van der Waals surface area contributed by atoms with E-state index in [2.05, 4.69) is 40.5 Å². The van der Waals surface area contributed by atoms with Gasteiger partial charge in [0, 0.05) is 44.7 Å². The molecule has 3 rings (SSSR count). The van der Waals surface area contributed by atoms with Gasteiger partial charge in [-0.15, -0.1) is 0 Å². The number of rotatable bonds is 8. The van der Waals surface area contributed by atoms with E-state index in [9.17, 15) is 4.79 Å². The van der Waals surface area contributed by atoms with Crippen molar-refractivity contribution in [2.75, 3.05) is 39.3 Å². The molecular formula is C18H32N6OS. The Morgan fingerprint density at radius 1 is 1.23 bits per heavy atom. The summed E-state index contributed by atoms with van der Waals surface area (Å²) < 4.78 is 5.12. The number of nitrogens with one attached hydrogen (secondary N) is 1. The van der Waals surface area contributed by atoms with E-state index in [1.807, 2.05) is 4.68 Å². The monoisotopic (exact) mass is 380 g/mol. The molecule has 1 aromatic rings. The molecule has 0 bridgehead atoms. The van der Waals surface area contributed by atoms with E-state index in [-0.39, 0.29) is 5.91 Å². The van der Waals surface area contributed by atoms with Crippen LogP contribution in [0.3, 0.4) is 0 Å². The van der Waals surface area contributed by atoms with Crippen LogP contribution in [0, 0.1) is 4.77 Å². The van der Waals surface area contributed by atoms with Gasteiger partial charge in [0.2, 0.25) is 5.91 Å². The summed E-state index contributed by atoms with van der Waals surface area (Å²) in [6, 6.07) is 0.562. The van der Waals surface area contributed by atoms with E-state index in [4.69, 9.17) is 17.3 Å². The van der Waals surface area contributed by atoms with Gasteiger partial charge in [-0.25, -0.2) is 4.68 Å². The van der Waals surface area contributed by atoms with Crippen molar-refractivity contribution < 1.29 is 4.79 Å². The minimum Gasteiger partial charge on any atom is -0.355 e. The highest BCUT2D eigenvalue weighted by atomic mass is 32.1. The Kier molecular flexibility index (Phi) is 6.47. The first-order chi connectivity index (χ1) is 12.5. The third-order valence-electron chi connectivity index (χ3n) is 5.06. The molecule has 0 unspecified atom stereocenters. The number of hydrogen-bond donors (Lipinski definition) is 1. The Morgan fingerprint density at radius 3 is 2.46 bits per heavy atom. The molecule has 1 saturated carbocycles. The predicted octanol–water partition coefficient (Wildman–Crippen LogP) is 1.97. The summed E-state index contributed by atoms with van der Waals surface area (Å²) in [6.45, 7) is 12.1. The van der Waals surface area contributed by atoms with Crippen molar-refractivity contribution in [3.8, 4) is 0 Å². The quantitative estimate of drug-likeness (QED) is 0.699. The van der Waals surface area contributed by atoms with Gasteiger partial charge in [-0.05, 0) is 31.5 Å². The highest BCUT2D eigenvalue weighted by Gasteiger charge is 2.30. The minimum absolute atomic E-state index is 0.132. The highest BCUT2D eigenvalue weighted by molar-refractivity contribution is 7.71. The van der Waals surface area contributed by atoms with Gasteiger partial charge in [-0.2, -0.15) is 5.10 Å². The van der Waals surface area contributed by atoms with Crippen molar-refractivity contribution in [2.45, 2.75) is 58.7 Å². The van der Waals surface area contributed by atoms with Crippen molar-refractivity contribution in [3.05, 3.63) is 10.6 Å². The van der Waals surface area contributed by atoms with Gasteiger partial charge in [0.1, 0.15) is 5.82 Å². The van der Waals surface area contributed by atoms with Crippen LogP contribution in [0.5, 0.6) is 0 Å². The summed E-state index contributed by atoms with van der Waals surface area (Å²) in [7, 11) is 0. The van der Waals surface area contributed by atoms with Crippen LogP contribution in [0.1, 0.15) is 57.8 Å². The average molecular weight is 381 g/mol. The number of carbonyl (C=O) groups is 1. The lowest BCUT2D eigenvalue weighted by molar-refractivity contribution is -0.122. The SMILES string of the molecule is CCCNC(=O)CN1CCN(Cn2nc(C(C)C)n(C3CC3)c2=S)CC1. The van der Waals surface area contributed by atoms with Crippen LogP contribution in [0.4, 0.5) is 0 Å². The molecule has 7 nitrogen and oxygen atoms in total. The molecule has 0 spiro atoms. The summed E-state index contributed by atoms with van der Waals surface area (Å²) in [4.78, 5) is 16.5. The number of piperazine rings is 1. The molecule has 0 radical (unpaired) electrons. The maximum atomic E-state index is 11.9. The van der Waals surface area contributed by atoms with E-state index < -0.39 is 0 Å². The lowest BCUT2D eigenvalue weighted by Crippen LogP contribution is -2.49. The second-order valence-corrected chi connectivity index (χ2v) is 8.15. The summed E-state index contributed by atoms with van der Waals surface area (Å²) in [5, 5.41) is 7.77. The fraction of sp³-hybridized carbons (Fsp3) is 0.833. The van der Waals surface area contributed by atoms with Crippen molar-refractivity contribution in [3.63, 3.8) is 0 Å². The molecule has 8 heteroatoms. The second-order valence-electron chi connectivity index (χ2n) is 7.78. The molecule has 1 N–H and O–H groups in total. The number of amides is 1. The van der Waals surface area contributed by atoms with E-state index in [0.29, 0.717) is 18.5 Å². The molecule has 26 heavy (non-hydrogen) atoms. The van der Waals surface area contributed by atoms with Gasteiger partial charge in [0.25, 0.3) is 0 Å². The van der Waals surface area contributed by atoms with E-state index >= 15 is 0 Å². The molecule has 2 aliphatic rings. The van der Waals surface area contributed by atoms with Gasteiger partial charge in [0.15, 0.2) is 4.77 Å². The molecule has 0 aromatic carbocycles. The molecule has 146 valence electrons. The number of aromatic nitrogens is 3. The zero-order valence-electron chi connectivity index (χ0n) is 16.3. The van der Waals surface area contributed by atoms with Crippen LogP contribution in [-0.2, 0) is 11.5 Å². The standard InChI is InChI=1S/C18H32N6OS/c1-4-7-19-16(25)12-21-8-10-22(11-9-21)13-23-18(26)24(15-5-6-15)17(20-23)14(2)3/h14-15H,4-13H2,1-3H3,(H,19,25).